The van der Waals surface area contributed by atoms with Crippen LogP contribution in [0.4, 0.5) is 0 Å². The summed E-state index contributed by atoms with van der Waals surface area (Å²) < 4.78 is 32.5. The number of nitrogens with zero attached hydrogens (tertiary/aromatic N) is 3. The van der Waals surface area contributed by atoms with Gasteiger partial charge < -0.3 is 5.73 Å². The van der Waals surface area contributed by atoms with Gasteiger partial charge in [0.25, 0.3) is 0 Å². The van der Waals surface area contributed by atoms with Crippen molar-refractivity contribution in [1.82, 2.24) is 14.6 Å². The molecule has 3 aromatic rings. The Hall–Kier alpha value is -2.29. The van der Waals surface area contributed by atoms with Crippen LogP contribution in [-0.2, 0) is 10.0 Å². The average Bonchev–Trinajstić information content (AvgIpc) is 3.29. The lowest BCUT2D eigenvalue weighted by atomic mass is 9.89. The first-order chi connectivity index (χ1) is 12.1. The Kier molecular flexibility index (Phi) is 4.03. The third-order valence-corrected chi connectivity index (χ3v) is 6.67. The van der Waals surface area contributed by atoms with Crippen molar-refractivity contribution in [2.24, 2.45) is 11.7 Å². The minimum atomic E-state index is -3.70. The lowest BCUT2D eigenvalue weighted by molar-refractivity contribution is 0.315. The molecule has 0 unspecified atom stereocenters. The quantitative estimate of drug-likeness (QED) is 0.760. The van der Waals surface area contributed by atoms with Crippen LogP contribution in [0.5, 0.6) is 0 Å². The molecule has 8 heteroatoms. The van der Waals surface area contributed by atoms with Gasteiger partial charge in [-0.1, -0.05) is 36.4 Å². The molecule has 2 heterocycles. The first-order valence-electron chi connectivity index (χ1n) is 8.07. The van der Waals surface area contributed by atoms with Gasteiger partial charge in [-0.15, -0.1) is 0 Å². The molecular formula is C17H18N4O3S. The van der Waals surface area contributed by atoms with Crippen LogP contribution in [0.25, 0.3) is 11.0 Å². The summed E-state index contributed by atoms with van der Waals surface area (Å²) >= 11 is 0. The number of rotatable bonds is 4. The third kappa shape index (κ3) is 2.72. The zero-order valence-electron chi connectivity index (χ0n) is 13.4. The van der Waals surface area contributed by atoms with E-state index in [2.05, 4.69) is 10.3 Å². The molecular weight excluding hydrogens is 340 g/mol. The molecule has 2 aromatic carbocycles. The van der Waals surface area contributed by atoms with E-state index in [-0.39, 0.29) is 22.2 Å². The Bertz CT molecular complexity index is 987. The van der Waals surface area contributed by atoms with Crippen LogP contribution in [0.3, 0.4) is 0 Å². The fourth-order valence-corrected chi connectivity index (χ4v) is 5.13. The van der Waals surface area contributed by atoms with E-state index in [0.717, 1.165) is 5.56 Å². The van der Waals surface area contributed by atoms with Crippen LogP contribution in [0.1, 0.15) is 11.5 Å². The highest BCUT2D eigenvalue weighted by atomic mass is 32.2. The molecule has 0 spiro atoms. The minimum absolute atomic E-state index is 0.0758. The van der Waals surface area contributed by atoms with E-state index in [4.69, 9.17) is 10.4 Å². The second-order valence-electron chi connectivity index (χ2n) is 6.22. The molecule has 1 aromatic heterocycles. The normalized spacial score (nSPS) is 21.8. The van der Waals surface area contributed by atoms with E-state index >= 15 is 0 Å². The lowest BCUT2D eigenvalue weighted by Gasteiger charge is -2.17. The maximum Gasteiger partial charge on any atom is 0.245 e. The predicted molar refractivity (Wildman–Crippen MR) is 92.3 cm³/mol. The van der Waals surface area contributed by atoms with Gasteiger partial charge >= 0.3 is 0 Å². The smallest absolute Gasteiger partial charge is 0.245 e. The number of hydrogen-bond acceptors (Lipinski definition) is 6. The van der Waals surface area contributed by atoms with Crippen LogP contribution in [0.15, 0.2) is 58.1 Å². The van der Waals surface area contributed by atoms with Gasteiger partial charge in [-0.05, 0) is 40.5 Å². The first kappa shape index (κ1) is 16.2. The van der Waals surface area contributed by atoms with Crippen molar-refractivity contribution in [3.8, 4) is 0 Å². The molecule has 1 aliphatic heterocycles. The van der Waals surface area contributed by atoms with Crippen LogP contribution < -0.4 is 5.73 Å². The number of hydrogen-bond donors (Lipinski definition) is 1. The molecule has 25 heavy (non-hydrogen) atoms. The van der Waals surface area contributed by atoms with Crippen LogP contribution in [0.2, 0.25) is 0 Å². The third-order valence-electron chi connectivity index (χ3n) is 4.80. The molecule has 1 fully saturated rings. The highest BCUT2D eigenvalue weighted by molar-refractivity contribution is 7.89. The Morgan fingerprint density at radius 2 is 1.88 bits per heavy atom. The van der Waals surface area contributed by atoms with E-state index in [0.29, 0.717) is 25.2 Å². The minimum Gasteiger partial charge on any atom is -0.330 e. The van der Waals surface area contributed by atoms with Crippen LogP contribution >= 0.6 is 0 Å². The Morgan fingerprint density at radius 3 is 2.64 bits per heavy atom. The van der Waals surface area contributed by atoms with Gasteiger partial charge in [-0.25, -0.2) is 13.0 Å². The van der Waals surface area contributed by atoms with Crippen molar-refractivity contribution >= 4 is 21.1 Å². The van der Waals surface area contributed by atoms with Crippen LogP contribution in [-0.4, -0.2) is 42.7 Å². The highest BCUT2D eigenvalue weighted by Gasteiger charge is 2.40. The number of fused-ring (bicyclic) bond motifs is 1. The van der Waals surface area contributed by atoms with Gasteiger partial charge in [0, 0.05) is 19.0 Å². The standard InChI is InChI=1S/C17H18N4O3S/c18-9-13-10-21(11-14(13)12-5-2-1-3-6-12)25(22,23)16-8-4-7-15-17(16)20-24-19-15/h1-8,13-14H,9-11,18H2/t13-,14+/m1/s1. The number of sulfonamides is 1. The lowest BCUT2D eigenvalue weighted by Crippen LogP contribution is -2.30. The molecule has 130 valence electrons. The average molecular weight is 358 g/mol. The summed E-state index contributed by atoms with van der Waals surface area (Å²) in [6.45, 7) is 1.22. The molecule has 0 bridgehead atoms. The summed E-state index contributed by atoms with van der Waals surface area (Å²) in [6, 6.07) is 14.8. The zero-order valence-corrected chi connectivity index (χ0v) is 14.3. The van der Waals surface area contributed by atoms with Gasteiger partial charge in [0.15, 0.2) is 5.52 Å². The van der Waals surface area contributed by atoms with Crippen molar-refractivity contribution in [1.29, 1.82) is 0 Å². The summed E-state index contributed by atoms with van der Waals surface area (Å²) in [5.41, 5.74) is 7.71. The zero-order chi connectivity index (χ0) is 17.4. The molecule has 0 saturated carbocycles. The fraction of sp³-hybridized carbons (Fsp3) is 0.294. The van der Waals surface area contributed by atoms with Gasteiger partial charge in [0.05, 0.1) is 0 Å². The number of benzene rings is 2. The van der Waals surface area contributed by atoms with E-state index in [1.165, 1.54) is 10.4 Å². The largest absolute Gasteiger partial charge is 0.330 e. The molecule has 1 saturated heterocycles. The second kappa shape index (κ2) is 6.21. The predicted octanol–water partition coefficient (Wildman–Crippen LogP) is 1.59. The van der Waals surface area contributed by atoms with Crippen molar-refractivity contribution in [3.05, 3.63) is 54.1 Å². The summed E-state index contributed by atoms with van der Waals surface area (Å²) in [5, 5.41) is 7.48. The molecule has 2 atom stereocenters. The maximum atomic E-state index is 13.2. The highest BCUT2D eigenvalue weighted by Crippen LogP contribution is 2.36. The molecule has 4 rings (SSSR count). The van der Waals surface area contributed by atoms with Crippen molar-refractivity contribution < 1.29 is 13.0 Å². The molecule has 1 aliphatic rings. The maximum absolute atomic E-state index is 13.2. The summed E-state index contributed by atoms with van der Waals surface area (Å²) in [6.07, 6.45) is 0. The van der Waals surface area contributed by atoms with E-state index in [1.54, 1.807) is 12.1 Å². The fourth-order valence-electron chi connectivity index (χ4n) is 3.47. The van der Waals surface area contributed by atoms with Gasteiger partial charge in [0.2, 0.25) is 10.0 Å². The van der Waals surface area contributed by atoms with E-state index in [1.807, 2.05) is 30.3 Å². The SMILES string of the molecule is NC[C@@H]1CN(S(=O)(=O)c2cccc3nonc23)C[C@H]1c1ccccc1. The first-order valence-corrected chi connectivity index (χ1v) is 9.51. The molecule has 0 aliphatic carbocycles. The van der Waals surface area contributed by atoms with Crippen molar-refractivity contribution in [3.63, 3.8) is 0 Å². The molecule has 0 radical (unpaired) electrons. The Balaban J connectivity index is 1.71. The van der Waals surface area contributed by atoms with Gasteiger partial charge in [-0.2, -0.15) is 4.31 Å². The summed E-state index contributed by atoms with van der Waals surface area (Å²) in [5.74, 6) is 0.155. The molecule has 7 nitrogen and oxygen atoms in total. The van der Waals surface area contributed by atoms with Crippen LogP contribution in [0, 0.1) is 5.92 Å². The van der Waals surface area contributed by atoms with Gasteiger partial charge in [0.1, 0.15) is 10.4 Å². The van der Waals surface area contributed by atoms with Crippen molar-refractivity contribution in [2.75, 3.05) is 19.6 Å². The number of aromatic nitrogens is 2. The monoisotopic (exact) mass is 358 g/mol. The van der Waals surface area contributed by atoms with Gasteiger partial charge in [-0.3, -0.25) is 0 Å². The second-order valence-corrected chi connectivity index (χ2v) is 8.13. The Morgan fingerprint density at radius 1 is 1.08 bits per heavy atom. The topological polar surface area (TPSA) is 102 Å². The Labute approximate surface area is 145 Å². The molecule has 0 amide bonds. The number of nitrogens with two attached hydrogens (primary N) is 1. The molecule has 2 N–H and O–H groups in total. The van der Waals surface area contributed by atoms with E-state index in [9.17, 15) is 8.42 Å². The summed E-state index contributed by atoms with van der Waals surface area (Å²) in [4.78, 5) is 0.121. The summed E-state index contributed by atoms with van der Waals surface area (Å²) in [7, 11) is -3.70. The van der Waals surface area contributed by atoms with Crippen molar-refractivity contribution in [2.45, 2.75) is 10.8 Å². The van der Waals surface area contributed by atoms with E-state index < -0.39 is 10.0 Å².